The van der Waals surface area contributed by atoms with Crippen molar-refractivity contribution in [3.05, 3.63) is 42.1 Å². The van der Waals surface area contributed by atoms with Crippen LogP contribution in [0.2, 0.25) is 0 Å². The summed E-state index contributed by atoms with van der Waals surface area (Å²) in [7, 11) is 1.66. The lowest BCUT2D eigenvalue weighted by molar-refractivity contribution is 0.415. The van der Waals surface area contributed by atoms with Crippen molar-refractivity contribution >= 4 is 21.5 Å². The van der Waals surface area contributed by atoms with Crippen LogP contribution in [-0.4, -0.2) is 12.4 Å². The average molecular weight is 239 g/mol. The van der Waals surface area contributed by atoms with Crippen molar-refractivity contribution in [2.45, 2.75) is 0 Å². The molecule has 68 valence electrons. The summed E-state index contributed by atoms with van der Waals surface area (Å²) < 4.78 is 5.06. The van der Waals surface area contributed by atoms with Gasteiger partial charge in [0.05, 0.1) is 7.11 Å². The zero-order valence-corrected chi connectivity index (χ0v) is 9.10. The van der Waals surface area contributed by atoms with Gasteiger partial charge in [0.2, 0.25) is 0 Å². The van der Waals surface area contributed by atoms with Crippen molar-refractivity contribution < 1.29 is 4.74 Å². The topological polar surface area (TPSA) is 9.23 Å². The van der Waals surface area contributed by atoms with Crippen LogP contribution in [0.4, 0.5) is 0 Å². The molecule has 1 aromatic rings. The zero-order valence-electron chi connectivity index (χ0n) is 7.51. The average Bonchev–Trinajstić information content (AvgIpc) is 2.21. The molecule has 0 aliphatic heterocycles. The summed E-state index contributed by atoms with van der Waals surface area (Å²) in [5, 5.41) is 0.767. The lowest BCUT2D eigenvalue weighted by Gasteiger charge is -2.02. The molecule has 0 aromatic heterocycles. The summed E-state index contributed by atoms with van der Waals surface area (Å²) in [6.07, 6.45) is 0. The van der Waals surface area contributed by atoms with E-state index in [1.807, 2.05) is 24.3 Å². The Bertz CT molecular complexity index is 320. The molecule has 0 N–H and O–H groups in total. The van der Waals surface area contributed by atoms with Gasteiger partial charge in [-0.05, 0) is 17.7 Å². The van der Waals surface area contributed by atoms with Crippen LogP contribution in [0, 0.1) is 0 Å². The van der Waals surface area contributed by atoms with Gasteiger partial charge < -0.3 is 4.74 Å². The van der Waals surface area contributed by atoms with E-state index in [2.05, 4.69) is 28.2 Å². The largest absolute Gasteiger partial charge is 0.497 e. The third kappa shape index (κ3) is 2.48. The molecule has 0 bridgehead atoms. The van der Waals surface area contributed by atoms with Crippen molar-refractivity contribution in [2.75, 3.05) is 12.4 Å². The van der Waals surface area contributed by atoms with Crippen LogP contribution < -0.4 is 4.74 Å². The first kappa shape index (κ1) is 10.1. The number of rotatable bonds is 3. The van der Waals surface area contributed by atoms with Gasteiger partial charge in [-0.3, -0.25) is 0 Å². The Hall–Kier alpha value is -0.980. The molecule has 1 rings (SSSR count). The molecule has 13 heavy (non-hydrogen) atoms. The van der Waals surface area contributed by atoms with E-state index in [9.17, 15) is 0 Å². The highest BCUT2D eigenvalue weighted by Gasteiger charge is 1.98. The highest BCUT2D eigenvalue weighted by atomic mass is 79.9. The Kier molecular flexibility index (Phi) is 3.81. The fourth-order valence-electron chi connectivity index (χ4n) is 1.02. The Morgan fingerprint density at radius 2 is 2.08 bits per heavy atom. The number of hydrogen-bond donors (Lipinski definition) is 0. The molecule has 0 aliphatic carbocycles. The second-order valence-corrected chi connectivity index (χ2v) is 3.08. The molecule has 0 saturated carbocycles. The van der Waals surface area contributed by atoms with Gasteiger partial charge in [0.15, 0.2) is 0 Å². The summed E-state index contributed by atoms with van der Waals surface area (Å²) in [4.78, 5) is 0. The van der Waals surface area contributed by atoms with E-state index in [1.165, 1.54) is 0 Å². The first-order valence-electron chi connectivity index (χ1n) is 3.91. The van der Waals surface area contributed by atoms with Gasteiger partial charge in [0, 0.05) is 10.9 Å². The lowest BCUT2D eigenvalue weighted by Crippen LogP contribution is -1.86. The van der Waals surface area contributed by atoms with Crippen LogP contribution in [0.15, 0.2) is 36.6 Å². The van der Waals surface area contributed by atoms with Gasteiger partial charge in [-0.1, -0.05) is 34.6 Å². The fraction of sp³-hybridized carbons (Fsp3) is 0.182. The Labute approximate surface area is 86.9 Å². The molecule has 0 aliphatic rings. The van der Waals surface area contributed by atoms with Crippen molar-refractivity contribution in [3.63, 3.8) is 0 Å². The maximum Gasteiger partial charge on any atom is 0.118 e. The third-order valence-corrected chi connectivity index (χ3v) is 2.35. The molecular formula is C11H11BrO. The normalized spacial score (nSPS) is 9.08. The van der Waals surface area contributed by atoms with Gasteiger partial charge in [0.25, 0.3) is 0 Å². The van der Waals surface area contributed by atoms with Gasteiger partial charge in [-0.15, -0.1) is 5.73 Å². The van der Waals surface area contributed by atoms with Crippen LogP contribution in [0.25, 0.3) is 5.57 Å². The summed E-state index contributed by atoms with van der Waals surface area (Å²) in [5.41, 5.74) is 5.06. The molecule has 0 spiro atoms. The number of halogens is 1. The molecule has 0 fully saturated rings. The highest BCUT2D eigenvalue weighted by Crippen LogP contribution is 2.18. The van der Waals surface area contributed by atoms with Crippen LogP contribution in [0.5, 0.6) is 5.75 Å². The van der Waals surface area contributed by atoms with Crippen molar-refractivity contribution in [1.82, 2.24) is 0 Å². The highest BCUT2D eigenvalue weighted by molar-refractivity contribution is 9.09. The number of benzene rings is 1. The van der Waals surface area contributed by atoms with Crippen LogP contribution in [-0.2, 0) is 0 Å². The SMILES string of the molecule is C=C=C(CBr)c1ccc(OC)cc1. The molecule has 0 saturated heterocycles. The van der Waals surface area contributed by atoms with Gasteiger partial charge in [0.1, 0.15) is 5.75 Å². The van der Waals surface area contributed by atoms with Gasteiger partial charge >= 0.3 is 0 Å². The number of ether oxygens (including phenoxy) is 1. The first-order valence-corrected chi connectivity index (χ1v) is 5.03. The zero-order chi connectivity index (χ0) is 9.68. The number of hydrogen-bond acceptors (Lipinski definition) is 1. The second-order valence-electron chi connectivity index (χ2n) is 2.52. The standard InChI is InChI=1S/C11H11BrO/c1-3-9(8-12)10-4-6-11(13-2)7-5-10/h4-7H,1,8H2,2H3. The predicted octanol–water partition coefficient (Wildman–Crippen LogP) is 3.26. The maximum atomic E-state index is 5.06. The van der Waals surface area contributed by atoms with E-state index in [-0.39, 0.29) is 0 Å². The van der Waals surface area contributed by atoms with E-state index in [0.717, 1.165) is 22.2 Å². The smallest absolute Gasteiger partial charge is 0.118 e. The maximum absolute atomic E-state index is 5.06. The molecule has 0 atom stereocenters. The van der Waals surface area contributed by atoms with E-state index < -0.39 is 0 Å². The monoisotopic (exact) mass is 238 g/mol. The Balaban J connectivity index is 2.98. The molecule has 0 heterocycles. The summed E-state index contributed by atoms with van der Waals surface area (Å²) >= 11 is 3.38. The third-order valence-electron chi connectivity index (χ3n) is 1.79. The minimum absolute atomic E-state index is 0.767. The van der Waals surface area contributed by atoms with Crippen LogP contribution in [0.1, 0.15) is 5.56 Å². The molecule has 0 radical (unpaired) electrons. The van der Waals surface area contributed by atoms with Crippen molar-refractivity contribution in [2.24, 2.45) is 0 Å². The van der Waals surface area contributed by atoms with Crippen molar-refractivity contribution in [3.8, 4) is 5.75 Å². The lowest BCUT2D eigenvalue weighted by atomic mass is 10.1. The minimum Gasteiger partial charge on any atom is -0.497 e. The Morgan fingerprint density at radius 3 is 2.46 bits per heavy atom. The second kappa shape index (κ2) is 4.90. The van der Waals surface area contributed by atoms with Crippen LogP contribution >= 0.6 is 15.9 Å². The van der Waals surface area contributed by atoms with E-state index in [4.69, 9.17) is 4.74 Å². The fourth-order valence-corrected chi connectivity index (χ4v) is 1.54. The van der Waals surface area contributed by atoms with E-state index in [0.29, 0.717) is 0 Å². The molecule has 2 heteroatoms. The molecule has 0 unspecified atom stereocenters. The van der Waals surface area contributed by atoms with Gasteiger partial charge in [-0.2, -0.15) is 0 Å². The molecule has 1 nitrogen and oxygen atoms in total. The number of alkyl halides is 1. The van der Waals surface area contributed by atoms with E-state index in [1.54, 1.807) is 7.11 Å². The molecular weight excluding hydrogens is 228 g/mol. The van der Waals surface area contributed by atoms with Crippen LogP contribution in [0.3, 0.4) is 0 Å². The Morgan fingerprint density at radius 1 is 1.46 bits per heavy atom. The minimum atomic E-state index is 0.767. The number of methoxy groups -OCH3 is 1. The van der Waals surface area contributed by atoms with Gasteiger partial charge in [-0.25, -0.2) is 0 Å². The predicted molar refractivity (Wildman–Crippen MR) is 59.3 cm³/mol. The molecule has 1 aromatic carbocycles. The summed E-state index contributed by atoms with van der Waals surface area (Å²) in [5.74, 6) is 0.863. The first-order chi connectivity index (χ1) is 6.31. The quantitative estimate of drug-likeness (QED) is 0.581. The summed E-state index contributed by atoms with van der Waals surface area (Å²) in [6, 6.07) is 7.84. The summed E-state index contributed by atoms with van der Waals surface area (Å²) in [6.45, 7) is 3.63. The number of allylic oxidation sites excluding steroid dienone is 1. The van der Waals surface area contributed by atoms with E-state index >= 15 is 0 Å². The molecule has 0 amide bonds. The van der Waals surface area contributed by atoms with Crippen molar-refractivity contribution in [1.29, 1.82) is 0 Å².